The Bertz CT molecular complexity index is 1880. The third kappa shape index (κ3) is 5.05. The first-order valence-electron chi connectivity index (χ1n) is 14.1. The number of nitrogens with two attached hydrogens (primary N) is 2. The summed E-state index contributed by atoms with van der Waals surface area (Å²) >= 11 is 0. The van der Waals surface area contributed by atoms with Gasteiger partial charge in [0.2, 0.25) is 0 Å². The molecule has 0 radical (unpaired) electrons. The maximum Gasteiger partial charge on any atom is 0.169 e. The molecule has 0 aliphatic rings. The normalized spacial score (nSPS) is 12.0. The molecule has 0 aliphatic heterocycles. The minimum absolute atomic E-state index is 0.205. The molecule has 0 spiro atoms. The first-order valence-corrected chi connectivity index (χ1v) is 14.1. The third-order valence-corrected chi connectivity index (χ3v) is 7.52. The highest BCUT2D eigenvalue weighted by Gasteiger charge is 2.28. The van der Waals surface area contributed by atoms with Crippen molar-refractivity contribution in [1.29, 1.82) is 0 Å². The van der Waals surface area contributed by atoms with Gasteiger partial charge in [-0.3, -0.25) is 0 Å². The number of rotatable bonds is 8. The van der Waals surface area contributed by atoms with Gasteiger partial charge in [0.1, 0.15) is 11.6 Å². The summed E-state index contributed by atoms with van der Waals surface area (Å²) in [4.78, 5) is 13.1. The number of anilines is 2. The van der Waals surface area contributed by atoms with E-state index in [9.17, 15) is 0 Å². The van der Waals surface area contributed by atoms with Gasteiger partial charge in [-0.25, -0.2) is 14.4 Å². The Kier molecular flexibility index (Phi) is 7.32. The Balaban J connectivity index is 1.57. The topological polar surface area (TPSA) is 103 Å². The fraction of sp³-hybridized carbons (Fsp3) is 0.143. The highest BCUT2D eigenvalue weighted by molar-refractivity contribution is 5.93. The van der Waals surface area contributed by atoms with E-state index in [1.54, 1.807) is 18.3 Å². The van der Waals surface area contributed by atoms with Gasteiger partial charge in [0.15, 0.2) is 11.6 Å². The van der Waals surface area contributed by atoms with Gasteiger partial charge in [-0.05, 0) is 65.8 Å². The molecule has 42 heavy (non-hydrogen) atoms. The van der Waals surface area contributed by atoms with Crippen molar-refractivity contribution < 1.29 is 9.13 Å². The van der Waals surface area contributed by atoms with E-state index in [2.05, 4.69) is 29.2 Å². The van der Waals surface area contributed by atoms with Crippen LogP contribution in [0.4, 0.5) is 15.9 Å². The fourth-order valence-electron chi connectivity index (χ4n) is 5.48. The summed E-state index contributed by atoms with van der Waals surface area (Å²) in [5.41, 5.74) is 19.0. The van der Waals surface area contributed by atoms with Crippen LogP contribution < -0.4 is 16.2 Å². The van der Waals surface area contributed by atoms with E-state index in [-0.39, 0.29) is 5.75 Å². The van der Waals surface area contributed by atoms with Gasteiger partial charge in [0.05, 0.1) is 30.1 Å². The van der Waals surface area contributed by atoms with E-state index in [1.807, 2.05) is 68.4 Å². The van der Waals surface area contributed by atoms with Crippen LogP contribution in [-0.2, 0) is 6.42 Å². The van der Waals surface area contributed by atoms with Crippen LogP contribution in [0.15, 0.2) is 97.2 Å². The molecule has 0 saturated heterocycles. The summed E-state index contributed by atoms with van der Waals surface area (Å²) in [7, 11) is 0. The Hall–Kier alpha value is -5.17. The van der Waals surface area contributed by atoms with Crippen molar-refractivity contribution in [1.82, 2.24) is 15.0 Å². The van der Waals surface area contributed by atoms with Gasteiger partial charge in [0.25, 0.3) is 0 Å². The van der Waals surface area contributed by atoms with E-state index in [0.29, 0.717) is 41.6 Å². The van der Waals surface area contributed by atoms with Crippen LogP contribution >= 0.6 is 0 Å². The van der Waals surface area contributed by atoms with Crippen LogP contribution in [0.1, 0.15) is 42.4 Å². The van der Waals surface area contributed by atoms with E-state index in [4.69, 9.17) is 26.2 Å². The predicted octanol–water partition coefficient (Wildman–Crippen LogP) is 7.74. The predicted molar refractivity (Wildman–Crippen MR) is 168 cm³/mol. The molecule has 2 aromatic heterocycles. The zero-order valence-corrected chi connectivity index (χ0v) is 23.6. The quantitative estimate of drug-likeness (QED) is 0.166. The highest BCUT2D eigenvalue weighted by Crippen LogP contribution is 2.39. The molecule has 6 nitrogen and oxygen atoms in total. The van der Waals surface area contributed by atoms with Crippen LogP contribution in [0.3, 0.4) is 0 Å². The lowest BCUT2D eigenvalue weighted by molar-refractivity contribution is 0.319. The third-order valence-electron chi connectivity index (χ3n) is 7.52. The molecule has 4 aromatic carbocycles. The van der Waals surface area contributed by atoms with E-state index >= 15 is 4.39 Å². The Morgan fingerprint density at radius 1 is 0.881 bits per heavy atom. The number of pyridine rings is 1. The average molecular weight is 558 g/mol. The second-order valence-corrected chi connectivity index (χ2v) is 10.2. The van der Waals surface area contributed by atoms with Crippen molar-refractivity contribution >= 4 is 22.3 Å². The molecule has 0 aliphatic carbocycles. The zero-order chi connectivity index (χ0) is 29.2. The van der Waals surface area contributed by atoms with Gasteiger partial charge in [-0.2, -0.15) is 0 Å². The summed E-state index contributed by atoms with van der Waals surface area (Å²) in [5, 5.41) is 1.60. The van der Waals surface area contributed by atoms with Crippen LogP contribution in [0.2, 0.25) is 0 Å². The molecule has 0 amide bonds. The average Bonchev–Trinajstić information content (AvgIpc) is 3.49. The molecular weight excluding hydrogens is 525 g/mol. The zero-order valence-electron chi connectivity index (χ0n) is 23.6. The van der Waals surface area contributed by atoms with Crippen molar-refractivity contribution in [3.8, 4) is 28.1 Å². The standard InChI is InChI=1S/C35H32FN5O/c1-3-21-16-28(33(36)31(17-21)42-4-2)32(29-19-23-18-24(37)14-15-26(23)34(38)40-29)35-39-20-30(41-35)27-13-9-8-12-25(27)22-10-6-5-7-11-22/h5-20,32H,3-4,37H2,1-2H3,(H2,38,40)(H,39,41). The number of aromatic amines is 1. The summed E-state index contributed by atoms with van der Waals surface area (Å²) in [6.45, 7) is 4.21. The van der Waals surface area contributed by atoms with Crippen LogP contribution in [0.25, 0.3) is 33.2 Å². The smallest absolute Gasteiger partial charge is 0.169 e. The number of imidazole rings is 1. The lowest BCUT2D eigenvalue weighted by Gasteiger charge is -2.20. The monoisotopic (exact) mass is 557 g/mol. The summed E-state index contributed by atoms with van der Waals surface area (Å²) < 4.78 is 22.0. The molecule has 7 heteroatoms. The number of nitrogens with one attached hydrogen (secondary N) is 1. The van der Waals surface area contributed by atoms with Gasteiger partial charge < -0.3 is 21.2 Å². The number of hydrogen-bond donors (Lipinski definition) is 3. The molecule has 0 fully saturated rings. The van der Waals surface area contributed by atoms with E-state index in [1.165, 1.54) is 0 Å². The number of hydrogen-bond acceptors (Lipinski definition) is 5. The number of fused-ring (bicyclic) bond motifs is 1. The molecule has 210 valence electrons. The summed E-state index contributed by atoms with van der Waals surface area (Å²) in [5.74, 6) is -0.0596. The SMILES string of the molecule is CCOc1cc(CC)cc(C(c2cc3cc(N)ccc3c(N)n2)c2ncc(-c3ccccc3-c3ccccc3)[nH]2)c1F. The number of aromatic nitrogens is 3. The summed E-state index contributed by atoms with van der Waals surface area (Å²) in [6, 6.07) is 29.3. The van der Waals surface area contributed by atoms with Gasteiger partial charge in [-0.15, -0.1) is 0 Å². The maximum atomic E-state index is 16.2. The number of benzene rings is 4. The Labute approximate surface area is 244 Å². The van der Waals surface area contributed by atoms with Crippen molar-refractivity contribution in [3.63, 3.8) is 0 Å². The number of nitrogen functional groups attached to an aromatic ring is 2. The fourth-order valence-corrected chi connectivity index (χ4v) is 5.48. The minimum atomic E-state index is -0.693. The molecule has 0 bridgehead atoms. The first kappa shape index (κ1) is 27.0. The minimum Gasteiger partial charge on any atom is -0.491 e. The molecule has 5 N–H and O–H groups in total. The summed E-state index contributed by atoms with van der Waals surface area (Å²) in [6.07, 6.45) is 2.50. The lowest BCUT2D eigenvalue weighted by Crippen LogP contribution is -2.12. The molecule has 1 atom stereocenters. The van der Waals surface area contributed by atoms with Gasteiger partial charge >= 0.3 is 0 Å². The molecule has 6 rings (SSSR count). The number of ether oxygens (including phenoxy) is 1. The molecule has 1 unspecified atom stereocenters. The number of halogens is 1. The van der Waals surface area contributed by atoms with Crippen LogP contribution in [0.5, 0.6) is 5.75 Å². The van der Waals surface area contributed by atoms with Crippen LogP contribution in [-0.4, -0.2) is 21.6 Å². The van der Waals surface area contributed by atoms with Crippen LogP contribution in [0, 0.1) is 5.82 Å². The molecule has 6 aromatic rings. The van der Waals surface area contributed by atoms with Gasteiger partial charge in [0, 0.05) is 22.2 Å². The van der Waals surface area contributed by atoms with Crippen molar-refractivity contribution in [2.75, 3.05) is 18.1 Å². The molecule has 2 heterocycles. The number of aryl methyl sites for hydroxylation is 1. The Morgan fingerprint density at radius 2 is 1.64 bits per heavy atom. The Morgan fingerprint density at radius 3 is 2.40 bits per heavy atom. The van der Waals surface area contributed by atoms with Gasteiger partial charge in [-0.1, -0.05) is 67.6 Å². The molecular formula is C35H32FN5O. The number of nitrogens with zero attached hydrogens (tertiary/aromatic N) is 2. The van der Waals surface area contributed by atoms with Crippen molar-refractivity contribution in [3.05, 3.63) is 126 Å². The first-order chi connectivity index (χ1) is 20.5. The second kappa shape index (κ2) is 11.4. The largest absolute Gasteiger partial charge is 0.491 e. The number of H-pyrrole nitrogens is 1. The highest BCUT2D eigenvalue weighted by atomic mass is 19.1. The second-order valence-electron chi connectivity index (χ2n) is 10.2. The maximum absolute atomic E-state index is 16.2. The van der Waals surface area contributed by atoms with Crippen molar-refractivity contribution in [2.24, 2.45) is 0 Å². The van der Waals surface area contributed by atoms with E-state index < -0.39 is 11.7 Å². The van der Waals surface area contributed by atoms with E-state index in [0.717, 1.165) is 38.7 Å². The lowest BCUT2D eigenvalue weighted by atomic mass is 9.90. The van der Waals surface area contributed by atoms with Crippen molar-refractivity contribution in [2.45, 2.75) is 26.2 Å². The molecule has 0 saturated carbocycles.